The van der Waals surface area contributed by atoms with Crippen molar-refractivity contribution in [2.24, 2.45) is 16.7 Å². The number of rotatable bonds is 5. The predicted molar refractivity (Wildman–Crippen MR) is 68.9 cm³/mol. The minimum atomic E-state index is -0.383. The number of fused-ring (bicyclic) bond motifs is 2. The van der Waals surface area contributed by atoms with Crippen LogP contribution in [-0.2, 0) is 4.74 Å². The van der Waals surface area contributed by atoms with Crippen LogP contribution in [0.25, 0.3) is 0 Å². The summed E-state index contributed by atoms with van der Waals surface area (Å²) in [6.07, 6.45) is 3.75. The van der Waals surface area contributed by atoms with Gasteiger partial charge >= 0.3 is 0 Å². The van der Waals surface area contributed by atoms with E-state index in [1.54, 1.807) is 0 Å². The second-order valence-electron chi connectivity index (χ2n) is 6.64. The molecule has 0 aromatic rings. The molecule has 2 N–H and O–H groups in total. The SMILES string of the molecule is CNCC(O)COC1CC2CCC1(C)C2(C)C. The molecule has 4 unspecified atom stereocenters. The van der Waals surface area contributed by atoms with Crippen molar-refractivity contribution >= 4 is 0 Å². The molecule has 0 radical (unpaired) electrons. The normalized spacial score (nSPS) is 40.8. The quantitative estimate of drug-likeness (QED) is 0.771. The molecule has 0 heterocycles. The monoisotopic (exact) mass is 241 g/mol. The molecule has 100 valence electrons. The summed E-state index contributed by atoms with van der Waals surface area (Å²) in [6, 6.07) is 0. The van der Waals surface area contributed by atoms with Crippen molar-refractivity contribution in [3.63, 3.8) is 0 Å². The highest BCUT2D eigenvalue weighted by atomic mass is 16.5. The van der Waals surface area contributed by atoms with Gasteiger partial charge in [0.2, 0.25) is 0 Å². The number of hydrogen-bond acceptors (Lipinski definition) is 3. The van der Waals surface area contributed by atoms with Gasteiger partial charge in [0.25, 0.3) is 0 Å². The molecule has 3 heteroatoms. The summed E-state index contributed by atoms with van der Waals surface area (Å²) >= 11 is 0. The van der Waals surface area contributed by atoms with E-state index in [2.05, 4.69) is 26.1 Å². The molecule has 2 aliphatic rings. The van der Waals surface area contributed by atoms with E-state index in [4.69, 9.17) is 4.74 Å². The Balaban J connectivity index is 1.92. The van der Waals surface area contributed by atoms with Crippen molar-refractivity contribution in [2.45, 2.75) is 52.2 Å². The van der Waals surface area contributed by atoms with Gasteiger partial charge < -0.3 is 15.2 Å². The van der Waals surface area contributed by atoms with Crippen molar-refractivity contribution < 1.29 is 9.84 Å². The fourth-order valence-corrected chi connectivity index (χ4v) is 3.90. The highest BCUT2D eigenvalue weighted by molar-refractivity contribution is 5.11. The van der Waals surface area contributed by atoms with Crippen molar-refractivity contribution in [3.8, 4) is 0 Å². The molecule has 4 atom stereocenters. The lowest BCUT2D eigenvalue weighted by Gasteiger charge is -2.39. The van der Waals surface area contributed by atoms with Gasteiger partial charge in [-0.05, 0) is 43.1 Å². The van der Waals surface area contributed by atoms with Gasteiger partial charge in [-0.2, -0.15) is 0 Å². The highest BCUT2D eigenvalue weighted by Crippen LogP contribution is 2.66. The van der Waals surface area contributed by atoms with E-state index in [1.807, 2.05) is 7.05 Å². The minimum Gasteiger partial charge on any atom is -0.389 e. The lowest BCUT2D eigenvalue weighted by molar-refractivity contribution is -0.0739. The lowest BCUT2D eigenvalue weighted by Crippen LogP contribution is -2.39. The first-order valence-electron chi connectivity index (χ1n) is 6.86. The molecule has 2 rings (SSSR count). The molecule has 2 fully saturated rings. The van der Waals surface area contributed by atoms with Crippen LogP contribution in [0.5, 0.6) is 0 Å². The van der Waals surface area contributed by atoms with Crippen molar-refractivity contribution in [1.82, 2.24) is 5.32 Å². The van der Waals surface area contributed by atoms with Crippen LogP contribution in [0.2, 0.25) is 0 Å². The van der Waals surface area contributed by atoms with Gasteiger partial charge in [0.05, 0.1) is 18.8 Å². The number of aliphatic hydroxyl groups excluding tert-OH is 1. The molecule has 0 saturated heterocycles. The van der Waals surface area contributed by atoms with E-state index in [1.165, 1.54) is 19.3 Å². The molecule has 0 aliphatic heterocycles. The van der Waals surface area contributed by atoms with Crippen molar-refractivity contribution in [2.75, 3.05) is 20.2 Å². The summed E-state index contributed by atoms with van der Waals surface area (Å²) in [7, 11) is 1.85. The second-order valence-corrected chi connectivity index (χ2v) is 6.64. The maximum atomic E-state index is 9.71. The Hall–Kier alpha value is -0.120. The van der Waals surface area contributed by atoms with Crippen LogP contribution in [0.3, 0.4) is 0 Å². The Bertz CT molecular complexity index is 279. The van der Waals surface area contributed by atoms with Gasteiger partial charge in [-0.15, -0.1) is 0 Å². The maximum absolute atomic E-state index is 9.71. The Labute approximate surface area is 105 Å². The molecule has 0 amide bonds. The second kappa shape index (κ2) is 4.52. The summed E-state index contributed by atoms with van der Waals surface area (Å²) in [4.78, 5) is 0. The Morgan fingerprint density at radius 3 is 2.59 bits per heavy atom. The summed E-state index contributed by atoms with van der Waals surface area (Å²) in [5, 5.41) is 12.7. The molecule has 2 bridgehead atoms. The van der Waals surface area contributed by atoms with Crippen LogP contribution in [0, 0.1) is 16.7 Å². The fourth-order valence-electron chi connectivity index (χ4n) is 3.90. The third-order valence-corrected chi connectivity index (χ3v) is 5.64. The Kier molecular flexibility index (Phi) is 3.54. The average molecular weight is 241 g/mol. The minimum absolute atomic E-state index is 0.303. The van der Waals surface area contributed by atoms with Gasteiger partial charge in [-0.25, -0.2) is 0 Å². The van der Waals surface area contributed by atoms with Crippen LogP contribution in [-0.4, -0.2) is 37.5 Å². The number of ether oxygens (including phenoxy) is 1. The number of nitrogens with one attached hydrogen (secondary N) is 1. The summed E-state index contributed by atoms with van der Waals surface area (Å²) < 4.78 is 6.00. The fraction of sp³-hybridized carbons (Fsp3) is 1.00. The van der Waals surface area contributed by atoms with Crippen LogP contribution >= 0.6 is 0 Å². The third-order valence-electron chi connectivity index (χ3n) is 5.64. The number of hydrogen-bond donors (Lipinski definition) is 2. The van der Waals surface area contributed by atoms with Crippen LogP contribution < -0.4 is 5.32 Å². The predicted octanol–water partition coefficient (Wildman–Crippen LogP) is 1.80. The zero-order valence-corrected chi connectivity index (χ0v) is 11.6. The molecule has 2 aliphatic carbocycles. The molecular weight excluding hydrogens is 214 g/mol. The Morgan fingerprint density at radius 1 is 1.41 bits per heavy atom. The van der Waals surface area contributed by atoms with Crippen molar-refractivity contribution in [1.29, 1.82) is 0 Å². The standard InChI is InChI=1S/C14H27NO2/c1-13(2)10-5-6-14(13,3)12(7-10)17-9-11(16)8-15-4/h10-12,15-16H,5-9H2,1-4H3. The number of likely N-dealkylation sites (N-methyl/N-ethyl adjacent to an activating group) is 1. The average Bonchev–Trinajstić information content (AvgIpc) is 2.59. The molecule has 17 heavy (non-hydrogen) atoms. The van der Waals surface area contributed by atoms with E-state index >= 15 is 0 Å². The molecule has 2 saturated carbocycles. The summed E-state index contributed by atoms with van der Waals surface area (Å²) in [6.45, 7) is 8.21. The van der Waals surface area contributed by atoms with E-state index < -0.39 is 0 Å². The summed E-state index contributed by atoms with van der Waals surface area (Å²) in [5.41, 5.74) is 0.697. The van der Waals surface area contributed by atoms with Crippen molar-refractivity contribution in [3.05, 3.63) is 0 Å². The smallest absolute Gasteiger partial charge is 0.0897 e. The third kappa shape index (κ3) is 2.02. The first kappa shape index (κ1) is 13.3. The molecule has 3 nitrogen and oxygen atoms in total. The molecule has 0 aromatic heterocycles. The van der Waals surface area contributed by atoms with Crippen LogP contribution in [0.4, 0.5) is 0 Å². The maximum Gasteiger partial charge on any atom is 0.0897 e. The lowest BCUT2D eigenvalue weighted by atomic mass is 9.70. The summed E-state index contributed by atoms with van der Waals surface area (Å²) in [5.74, 6) is 0.805. The van der Waals surface area contributed by atoms with Crippen LogP contribution in [0.15, 0.2) is 0 Å². The zero-order chi connectivity index (χ0) is 12.7. The van der Waals surface area contributed by atoms with E-state index in [9.17, 15) is 5.11 Å². The van der Waals surface area contributed by atoms with E-state index in [0.717, 1.165) is 5.92 Å². The van der Waals surface area contributed by atoms with Gasteiger partial charge in [-0.1, -0.05) is 20.8 Å². The van der Waals surface area contributed by atoms with E-state index in [-0.39, 0.29) is 6.10 Å². The first-order valence-corrected chi connectivity index (χ1v) is 6.86. The highest BCUT2D eigenvalue weighted by Gasteiger charge is 2.61. The van der Waals surface area contributed by atoms with Gasteiger partial charge in [0.1, 0.15) is 0 Å². The number of aliphatic hydroxyl groups is 1. The van der Waals surface area contributed by atoms with E-state index in [0.29, 0.717) is 30.1 Å². The van der Waals surface area contributed by atoms with Gasteiger partial charge in [0, 0.05) is 6.54 Å². The largest absolute Gasteiger partial charge is 0.389 e. The van der Waals surface area contributed by atoms with Crippen LogP contribution in [0.1, 0.15) is 40.0 Å². The van der Waals surface area contributed by atoms with Gasteiger partial charge in [-0.3, -0.25) is 0 Å². The van der Waals surface area contributed by atoms with Gasteiger partial charge in [0.15, 0.2) is 0 Å². The first-order chi connectivity index (χ1) is 7.91. The Morgan fingerprint density at radius 2 is 2.12 bits per heavy atom. The molecule has 0 spiro atoms. The topological polar surface area (TPSA) is 41.5 Å². The zero-order valence-electron chi connectivity index (χ0n) is 11.6. The molecule has 0 aromatic carbocycles. The molecular formula is C14H27NO2.